The zero-order valence-corrected chi connectivity index (χ0v) is 9.32. The number of nitrogens with zero attached hydrogens (tertiary/aromatic N) is 2. The van der Waals surface area contributed by atoms with E-state index in [4.69, 9.17) is 5.11 Å². The third-order valence-corrected chi connectivity index (χ3v) is 2.69. The quantitative estimate of drug-likeness (QED) is 0.837. The van der Waals surface area contributed by atoms with Crippen LogP contribution in [0.5, 0.6) is 0 Å². The van der Waals surface area contributed by atoms with E-state index in [0.29, 0.717) is 5.69 Å². The van der Waals surface area contributed by atoms with Crippen LogP contribution in [0.2, 0.25) is 0 Å². The molecule has 5 nitrogen and oxygen atoms in total. The minimum atomic E-state index is -0.916. The van der Waals surface area contributed by atoms with Crippen molar-refractivity contribution in [1.29, 1.82) is 0 Å². The van der Waals surface area contributed by atoms with Crippen molar-refractivity contribution in [2.45, 2.75) is 19.4 Å². The third kappa shape index (κ3) is 3.02. The Morgan fingerprint density at radius 1 is 1.67 bits per heavy atom. The van der Waals surface area contributed by atoms with Gasteiger partial charge in [0.25, 0.3) is 5.91 Å². The fraction of sp³-hybridized carbons (Fsp3) is 0.444. The molecule has 6 heteroatoms. The Bertz CT molecular complexity index is 350. The van der Waals surface area contributed by atoms with Gasteiger partial charge in [0, 0.05) is 18.5 Å². The molecule has 0 radical (unpaired) electrons. The van der Waals surface area contributed by atoms with Gasteiger partial charge in [-0.1, -0.05) is 0 Å². The first-order chi connectivity index (χ1) is 7.02. The number of hydrogen-bond acceptors (Lipinski definition) is 4. The average Bonchev–Trinajstić information content (AvgIpc) is 2.67. The van der Waals surface area contributed by atoms with E-state index in [1.807, 2.05) is 0 Å². The average molecular weight is 228 g/mol. The van der Waals surface area contributed by atoms with Gasteiger partial charge in [0.15, 0.2) is 0 Å². The molecular weight excluding hydrogens is 216 g/mol. The Morgan fingerprint density at radius 2 is 2.33 bits per heavy atom. The van der Waals surface area contributed by atoms with Crippen LogP contribution in [0.1, 0.15) is 23.8 Å². The van der Waals surface area contributed by atoms with E-state index in [-0.39, 0.29) is 18.4 Å². The molecule has 1 N–H and O–H groups in total. The van der Waals surface area contributed by atoms with Crippen LogP contribution in [0.3, 0.4) is 0 Å². The van der Waals surface area contributed by atoms with E-state index >= 15 is 0 Å². The predicted molar refractivity (Wildman–Crippen MR) is 55.9 cm³/mol. The van der Waals surface area contributed by atoms with Gasteiger partial charge in [0.05, 0.1) is 11.9 Å². The maximum atomic E-state index is 11.7. The smallest absolute Gasteiger partial charge is 0.305 e. The number of carboxylic acid groups (broad SMARTS) is 1. The van der Waals surface area contributed by atoms with Gasteiger partial charge in [-0.25, -0.2) is 4.98 Å². The molecule has 1 heterocycles. The van der Waals surface area contributed by atoms with Gasteiger partial charge in [-0.2, -0.15) is 0 Å². The van der Waals surface area contributed by atoms with Gasteiger partial charge in [-0.3, -0.25) is 9.59 Å². The summed E-state index contributed by atoms with van der Waals surface area (Å²) in [5, 5.41) is 10.2. The van der Waals surface area contributed by atoms with Gasteiger partial charge in [-0.05, 0) is 6.92 Å². The summed E-state index contributed by atoms with van der Waals surface area (Å²) in [7, 11) is 1.58. The Morgan fingerprint density at radius 3 is 2.80 bits per heavy atom. The molecule has 0 saturated heterocycles. The molecule has 15 heavy (non-hydrogen) atoms. The predicted octanol–water partition coefficient (Wildman–Crippen LogP) is 1.08. The molecule has 0 spiro atoms. The third-order valence-electron chi connectivity index (χ3n) is 2.10. The standard InChI is InChI=1S/C9H12N2O3S/c1-6(3-8(12)13)11(2)9(14)7-4-15-5-10-7/h4-6H,3H2,1-2H3,(H,12,13). The largest absolute Gasteiger partial charge is 0.481 e. The molecule has 1 unspecified atom stereocenters. The van der Waals surface area contributed by atoms with Crippen molar-refractivity contribution in [1.82, 2.24) is 9.88 Å². The monoisotopic (exact) mass is 228 g/mol. The highest BCUT2D eigenvalue weighted by Crippen LogP contribution is 2.09. The first kappa shape index (κ1) is 11.6. The second-order valence-electron chi connectivity index (χ2n) is 3.24. The maximum Gasteiger partial charge on any atom is 0.305 e. The van der Waals surface area contributed by atoms with Gasteiger partial charge in [0.2, 0.25) is 0 Å². The summed E-state index contributed by atoms with van der Waals surface area (Å²) in [5.74, 6) is -1.16. The molecule has 1 atom stereocenters. The normalized spacial score (nSPS) is 12.1. The van der Waals surface area contributed by atoms with E-state index in [0.717, 1.165) is 0 Å². The van der Waals surface area contributed by atoms with E-state index in [9.17, 15) is 9.59 Å². The zero-order chi connectivity index (χ0) is 11.4. The summed E-state index contributed by atoms with van der Waals surface area (Å²) < 4.78 is 0. The van der Waals surface area contributed by atoms with Crippen molar-refractivity contribution in [2.75, 3.05) is 7.05 Å². The summed E-state index contributed by atoms with van der Waals surface area (Å²) in [6.07, 6.45) is -0.0631. The van der Waals surface area contributed by atoms with Crippen LogP contribution in [0.25, 0.3) is 0 Å². The van der Waals surface area contributed by atoms with Crippen molar-refractivity contribution >= 4 is 23.2 Å². The lowest BCUT2D eigenvalue weighted by Crippen LogP contribution is -2.36. The van der Waals surface area contributed by atoms with Crippen LogP contribution in [0, 0.1) is 0 Å². The number of carbonyl (C=O) groups excluding carboxylic acids is 1. The Kier molecular flexibility index (Phi) is 3.79. The second-order valence-corrected chi connectivity index (χ2v) is 3.96. The van der Waals surface area contributed by atoms with Crippen LogP contribution < -0.4 is 0 Å². The number of amides is 1. The minimum Gasteiger partial charge on any atom is -0.481 e. The summed E-state index contributed by atoms with van der Waals surface area (Å²) in [6, 6.07) is -0.336. The molecule has 82 valence electrons. The molecule has 0 aliphatic rings. The Labute approximate surface area is 91.4 Å². The first-order valence-electron chi connectivity index (χ1n) is 4.39. The van der Waals surface area contributed by atoms with Crippen LogP contribution in [-0.2, 0) is 4.79 Å². The van der Waals surface area contributed by atoms with Gasteiger partial charge < -0.3 is 10.0 Å². The van der Waals surface area contributed by atoms with Crippen LogP contribution in [-0.4, -0.2) is 40.0 Å². The van der Waals surface area contributed by atoms with E-state index in [1.54, 1.807) is 24.9 Å². The lowest BCUT2D eigenvalue weighted by Gasteiger charge is -2.22. The molecule has 0 aliphatic carbocycles. The van der Waals surface area contributed by atoms with E-state index < -0.39 is 5.97 Å². The topological polar surface area (TPSA) is 70.5 Å². The lowest BCUT2D eigenvalue weighted by atomic mass is 10.2. The Hall–Kier alpha value is -1.43. The second kappa shape index (κ2) is 4.88. The van der Waals surface area contributed by atoms with Gasteiger partial charge in [0.1, 0.15) is 5.69 Å². The number of aliphatic carboxylic acids is 1. The number of rotatable bonds is 4. The summed E-state index contributed by atoms with van der Waals surface area (Å²) in [4.78, 5) is 27.4. The van der Waals surface area contributed by atoms with Crippen LogP contribution >= 0.6 is 11.3 Å². The summed E-state index contributed by atoms with van der Waals surface area (Å²) in [6.45, 7) is 1.69. The SMILES string of the molecule is CC(CC(=O)O)N(C)C(=O)c1cscn1. The number of hydrogen-bond donors (Lipinski definition) is 1. The molecule has 0 aromatic carbocycles. The highest BCUT2D eigenvalue weighted by atomic mass is 32.1. The van der Waals surface area contributed by atoms with E-state index in [1.165, 1.54) is 16.2 Å². The van der Waals surface area contributed by atoms with E-state index in [2.05, 4.69) is 4.98 Å². The fourth-order valence-corrected chi connectivity index (χ4v) is 1.61. The van der Waals surface area contributed by atoms with Gasteiger partial charge in [-0.15, -0.1) is 11.3 Å². The lowest BCUT2D eigenvalue weighted by molar-refractivity contribution is -0.137. The molecule has 0 aliphatic heterocycles. The van der Waals surface area contributed by atoms with Gasteiger partial charge >= 0.3 is 5.97 Å². The van der Waals surface area contributed by atoms with Crippen molar-refractivity contribution in [3.63, 3.8) is 0 Å². The zero-order valence-electron chi connectivity index (χ0n) is 8.51. The maximum absolute atomic E-state index is 11.7. The number of thiazole rings is 1. The molecule has 0 fully saturated rings. The molecule has 1 aromatic rings. The summed E-state index contributed by atoms with van der Waals surface area (Å²) >= 11 is 1.34. The summed E-state index contributed by atoms with van der Waals surface area (Å²) in [5.41, 5.74) is 1.93. The fourth-order valence-electron chi connectivity index (χ4n) is 1.09. The van der Waals surface area contributed by atoms with Crippen LogP contribution in [0.4, 0.5) is 0 Å². The highest BCUT2D eigenvalue weighted by Gasteiger charge is 2.20. The number of carbonyl (C=O) groups is 2. The number of aromatic nitrogens is 1. The van der Waals surface area contributed by atoms with Crippen molar-refractivity contribution in [3.05, 3.63) is 16.6 Å². The highest BCUT2D eigenvalue weighted by molar-refractivity contribution is 7.07. The molecular formula is C9H12N2O3S. The first-order valence-corrected chi connectivity index (χ1v) is 5.33. The van der Waals surface area contributed by atoms with Crippen molar-refractivity contribution in [2.24, 2.45) is 0 Å². The van der Waals surface area contributed by atoms with Crippen molar-refractivity contribution in [3.8, 4) is 0 Å². The van der Waals surface area contributed by atoms with Crippen molar-refractivity contribution < 1.29 is 14.7 Å². The Balaban J connectivity index is 2.64. The molecule has 0 saturated carbocycles. The minimum absolute atomic E-state index is 0.0631. The molecule has 1 aromatic heterocycles. The molecule has 1 amide bonds. The molecule has 0 bridgehead atoms. The van der Waals surface area contributed by atoms with Crippen LogP contribution in [0.15, 0.2) is 10.9 Å². The molecule has 1 rings (SSSR count). The number of carboxylic acids is 1.